The van der Waals surface area contributed by atoms with Crippen molar-refractivity contribution < 1.29 is 14.2 Å². The maximum absolute atomic E-state index is 4.72. The van der Waals surface area contributed by atoms with Gasteiger partial charge in [-0.25, -0.2) is 0 Å². The summed E-state index contributed by atoms with van der Waals surface area (Å²) in [6.45, 7) is 0.298. The average molecular weight is 116 g/mol. The van der Waals surface area contributed by atoms with Gasteiger partial charge in [-0.05, 0) is 0 Å². The fourth-order valence-electron chi connectivity index (χ4n) is 0.193. The molecule has 0 unspecified atom stereocenters. The largest absolute Gasteiger partial charge is 0.418 e. The Morgan fingerprint density at radius 2 is 2.25 bits per heavy atom. The van der Waals surface area contributed by atoms with E-state index in [2.05, 4.69) is 14.2 Å². The average Bonchev–Trinajstić information content (AvgIpc) is 1.81. The molecule has 0 aromatic carbocycles. The van der Waals surface area contributed by atoms with Crippen LogP contribution in [0, 0.1) is 12.5 Å². The summed E-state index contributed by atoms with van der Waals surface area (Å²) in [6.07, 6.45) is 6.66. The Morgan fingerprint density at radius 3 is 2.75 bits per heavy atom. The normalized spacial score (nSPS) is 8.00. The number of terminal acetylenes is 1. The van der Waals surface area contributed by atoms with Crippen LogP contribution in [-0.2, 0) is 14.2 Å². The van der Waals surface area contributed by atoms with Gasteiger partial charge in [-0.15, -0.1) is 0 Å². The zero-order valence-corrected chi connectivity index (χ0v) is 4.72. The van der Waals surface area contributed by atoms with Crippen LogP contribution in [0.15, 0.2) is 0 Å². The minimum atomic E-state index is 0.0876. The van der Waals surface area contributed by atoms with E-state index in [-0.39, 0.29) is 13.6 Å². The van der Waals surface area contributed by atoms with Gasteiger partial charge >= 0.3 is 0 Å². The minimum absolute atomic E-state index is 0.0876. The number of hydrogen-bond acceptors (Lipinski definition) is 3. The second kappa shape index (κ2) is 6.28. The Balaban J connectivity index is 2.65. The lowest BCUT2D eigenvalue weighted by Crippen LogP contribution is -1.98. The molecule has 0 bridgehead atoms. The first-order valence-electron chi connectivity index (χ1n) is 2.06. The molecule has 0 aromatic rings. The molecule has 0 atom stereocenters. The van der Waals surface area contributed by atoms with Crippen molar-refractivity contribution in [3.05, 3.63) is 0 Å². The van der Waals surface area contributed by atoms with E-state index < -0.39 is 0 Å². The molecule has 0 aliphatic carbocycles. The Morgan fingerprint density at radius 1 is 1.50 bits per heavy atom. The predicted molar refractivity (Wildman–Crippen MR) is 27.7 cm³/mol. The molecule has 0 rings (SSSR count). The van der Waals surface area contributed by atoms with Gasteiger partial charge in [0.2, 0.25) is 6.79 Å². The van der Waals surface area contributed by atoms with Gasteiger partial charge in [0.15, 0.2) is 0 Å². The number of hydrogen-bond donors (Lipinski definition) is 0. The molecule has 8 heavy (non-hydrogen) atoms. The summed E-state index contributed by atoms with van der Waals surface area (Å²) in [5.41, 5.74) is 0. The van der Waals surface area contributed by atoms with Crippen molar-refractivity contribution in [1.29, 1.82) is 0 Å². The molecule has 0 aliphatic heterocycles. The van der Waals surface area contributed by atoms with E-state index in [1.165, 1.54) is 7.11 Å². The molecule has 0 radical (unpaired) electrons. The Bertz CT molecular complexity index is 74.2. The summed E-state index contributed by atoms with van der Waals surface area (Å²) in [7, 11) is 1.52. The van der Waals surface area contributed by atoms with Crippen LogP contribution in [0.1, 0.15) is 0 Å². The van der Waals surface area contributed by atoms with Gasteiger partial charge in [0.1, 0.15) is 12.9 Å². The summed E-state index contributed by atoms with van der Waals surface area (Å²) < 4.78 is 13.5. The van der Waals surface area contributed by atoms with Gasteiger partial charge in [0.05, 0.1) is 0 Å². The molecule has 0 N–H and O–H groups in total. The van der Waals surface area contributed by atoms with Gasteiger partial charge in [-0.3, -0.25) is 0 Å². The molecule has 3 heteroatoms. The van der Waals surface area contributed by atoms with E-state index in [0.29, 0.717) is 0 Å². The van der Waals surface area contributed by atoms with Gasteiger partial charge < -0.3 is 14.2 Å². The first kappa shape index (κ1) is 7.28. The van der Waals surface area contributed by atoms with E-state index in [1.54, 1.807) is 0 Å². The molecule has 0 spiro atoms. The molecule has 0 heterocycles. The van der Waals surface area contributed by atoms with Crippen molar-refractivity contribution in [3.63, 3.8) is 0 Å². The first-order chi connectivity index (χ1) is 3.91. The van der Waals surface area contributed by atoms with Crippen LogP contribution in [0.5, 0.6) is 0 Å². The van der Waals surface area contributed by atoms with Crippen LogP contribution < -0.4 is 0 Å². The lowest BCUT2D eigenvalue weighted by Gasteiger charge is -1.97. The first-order valence-corrected chi connectivity index (χ1v) is 2.06. The number of rotatable bonds is 4. The Labute approximate surface area is 48.5 Å². The third-order valence-corrected chi connectivity index (χ3v) is 0.427. The molecular formula is C5H8O3. The molecule has 0 fully saturated rings. The third kappa shape index (κ3) is 5.28. The van der Waals surface area contributed by atoms with Crippen LogP contribution >= 0.6 is 0 Å². The van der Waals surface area contributed by atoms with E-state index >= 15 is 0 Å². The van der Waals surface area contributed by atoms with Gasteiger partial charge in [0.25, 0.3) is 0 Å². The van der Waals surface area contributed by atoms with Crippen molar-refractivity contribution in [2.24, 2.45) is 0 Å². The Kier molecular flexibility index (Phi) is 5.71. The summed E-state index contributed by atoms with van der Waals surface area (Å²) in [6, 6.07) is 0. The maximum atomic E-state index is 4.72. The molecule has 46 valence electrons. The molecule has 0 saturated carbocycles. The van der Waals surface area contributed by atoms with Gasteiger partial charge in [-0.1, -0.05) is 6.42 Å². The smallest absolute Gasteiger partial charge is 0.202 e. The lowest BCUT2D eigenvalue weighted by atomic mass is 11.2. The van der Waals surface area contributed by atoms with E-state index in [1.807, 2.05) is 6.11 Å². The zero-order chi connectivity index (χ0) is 6.24. The standard InChI is InChI=1S/C5H8O3/c1-3-7-5-8-4-6-2/h1H,4-5H2,2H3. The van der Waals surface area contributed by atoms with Crippen molar-refractivity contribution in [3.8, 4) is 12.5 Å². The van der Waals surface area contributed by atoms with Crippen LogP contribution in [0.2, 0.25) is 0 Å². The van der Waals surface area contributed by atoms with Crippen LogP contribution in [-0.4, -0.2) is 20.7 Å². The Hall–Kier alpha value is -0.720. The monoisotopic (exact) mass is 116 g/mol. The lowest BCUT2D eigenvalue weighted by molar-refractivity contribution is -0.0925. The van der Waals surface area contributed by atoms with Crippen molar-refractivity contribution in [2.75, 3.05) is 20.7 Å². The fraction of sp³-hybridized carbons (Fsp3) is 0.600. The number of methoxy groups -OCH3 is 1. The second-order valence-corrected chi connectivity index (χ2v) is 0.991. The highest BCUT2D eigenvalue weighted by molar-refractivity contribution is 4.66. The van der Waals surface area contributed by atoms with E-state index in [9.17, 15) is 0 Å². The SMILES string of the molecule is C#COCOCOC. The van der Waals surface area contributed by atoms with Crippen LogP contribution in [0.3, 0.4) is 0 Å². The van der Waals surface area contributed by atoms with E-state index in [0.717, 1.165) is 0 Å². The number of ether oxygens (including phenoxy) is 3. The highest BCUT2D eigenvalue weighted by atomic mass is 16.7. The van der Waals surface area contributed by atoms with Crippen LogP contribution in [0.4, 0.5) is 0 Å². The van der Waals surface area contributed by atoms with Gasteiger partial charge in [-0.2, -0.15) is 0 Å². The van der Waals surface area contributed by atoms with Crippen molar-refractivity contribution >= 4 is 0 Å². The minimum Gasteiger partial charge on any atom is -0.418 e. The zero-order valence-electron chi connectivity index (χ0n) is 4.72. The van der Waals surface area contributed by atoms with Gasteiger partial charge in [0, 0.05) is 7.11 Å². The molecular weight excluding hydrogens is 108 g/mol. The molecule has 0 saturated heterocycles. The third-order valence-electron chi connectivity index (χ3n) is 0.427. The van der Waals surface area contributed by atoms with Crippen molar-refractivity contribution in [1.82, 2.24) is 0 Å². The van der Waals surface area contributed by atoms with Crippen molar-refractivity contribution in [2.45, 2.75) is 0 Å². The molecule has 0 aliphatic rings. The summed E-state index contributed by atoms with van der Waals surface area (Å²) >= 11 is 0. The molecule has 0 amide bonds. The predicted octanol–water partition coefficient (Wildman–Crippen LogP) is 0.172. The quantitative estimate of drug-likeness (QED) is 0.298. The second-order valence-electron chi connectivity index (χ2n) is 0.991. The molecule has 0 aromatic heterocycles. The summed E-state index contributed by atoms with van der Waals surface area (Å²) in [4.78, 5) is 0. The summed E-state index contributed by atoms with van der Waals surface area (Å²) in [5.74, 6) is 0. The highest BCUT2D eigenvalue weighted by Gasteiger charge is 1.78. The topological polar surface area (TPSA) is 27.7 Å². The summed E-state index contributed by atoms with van der Waals surface area (Å²) in [5, 5.41) is 0. The highest BCUT2D eigenvalue weighted by Crippen LogP contribution is 1.74. The molecule has 3 nitrogen and oxygen atoms in total. The fourth-order valence-corrected chi connectivity index (χ4v) is 0.193. The maximum Gasteiger partial charge on any atom is 0.202 e. The van der Waals surface area contributed by atoms with Crippen LogP contribution in [0.25, 0.3) is 0 Å². The van der Waals surface area contributed by atoms with E-state index in [4.69, 9.17) is 6.42 Å².